The highest BCUT2D eigenvalue weighted by Crippen LogP contribution is 2.24. The second kappa shape index (κ2) is 4.55. The average molecular weight is 271 g/mol. The Bertz CT molecular complexity index is 564. The van der Waals surface area contributed by atoms with Crippen molar-refractivity contribution in [2.75, 3.05) is 29.5 Å². The molecule has 1 aromatic carbocycles. The van der Waals surface area contributed by atoms with Gasteiger partial charge in [0, 0.05) is 18.8 Å². The van der Waals surface area contributed by atoms with E-state index in [1.54, 1.807) is 18.2 Å². The van der Waals surface area contributed by atoms with Gasteiger partial charge in [-0.05, 0) is 18.2 Å². The molecule has 1 fully saturated rings. The molecule has 1 heterocycles. The van der Waals surface area contributed by atoms with Crippen molar-refractivity contribution >= 4 is 27.1 Å². The number of halogens is 1. The molecule has 0 bridgehead atoms. The van der Waals surface area contributed by atoms with Crippen LogP contribution in [0.4, 0.5) is 5.69 Å². The summed E-state index contributed by atoms with van der Waals surface area (Å²) in [6.07, 6.45) is 0. The van der Waals surface area contributed by atoms with Crippen LogP contribution in [0.3, 0.4) is 0 Å². The molecule has 0 radical (unpaired) electrons. The van der Waals surface area contributed by atoms with E-state index >= 15 is 0 Å². The van der Waals surface area contributed by atoms with Crippen LogP contribution in [0.1, 0.15) is 5.56 Å². The number of nitrogens with zero attached hydrogens (tertiary/aromatic N) is 2. The minimum Gasteiger partial charge on any atom is -0.369 e. The summed E-state index contributed by atoms with van der Waals surface area (Å²) in [7, 11) is -2.87. The van der Waals surface area contributed by atoms with Gasteiger partial charge in [-0.1, -0.05) is 11.6 Å². The van der Waals surface area contributed by atoms with Crippen LogP contribution >= 0.6 is 11.6 Å². The van der Waals surface area contributed by atoms with Crippen LogP contribution in [-0.2, 0) is 9.84 Å². The first kappa shape index (κ1) is 12.2. The Kier molecular flexibility index (Phi) is 3.27. The molecule has 4 nitrogen and oxygen atoms in total. The largest absolute Gasteiger partial charge is 0.369 e. The molecular weight excluding hydrogens is 260 g/mol. The molecule has 0 saturated carbocycles. The highest BCUT2D eigenvalue weighted by atomic mass is 35.5. The zero-order valence-electron chi connectivity index (χ0n) is 9.06. The summed E-state index contributed by atoms with van der Waals surface area (Å²) in [6.45, 7) is 0.953. The van der Waals surface area contributed by atoms with E-state index in [1.165, 1.54) is 0 Å². The van der Waals surface area contributed by atoms with Crippen LogP contribution < -0.4 is 4.90 Å². The van der Waals surface area contributed by atoms with Gasteiger partial charge < -0.3 is 4.90 Å². The van der Waals surface area contributed by atoms with Gasteiger partial charge in [0.25, 0.3) is 0 Å². The number of anilines is 1. The van der Waals surface area contributed by atoms with E-state index in [4.69, 9.17) is 16.9 Å². The molecule has 1 aromatic rings. The molecule has 90 valence electrons. The Labute approximate surface area is 105 Å². The van der Waals surface area contributed by atoms with E-state index in [0.29, 0.717) is 23.7 Å². The predicted octanol–water partition coefficient (Wildman–Crippen LogP) is 1.45. The van der Waals surface area contributed by atoms with Crippen molar-refractivity contribution in [2.24, 2.45) is 0 Å². The fourth-order valence-electron chi connectivity index (χ4n) is 1.76. The Morgan fingerprint density at radius 1 is 1.29 bits per heavy atom. The van der Waals surface area contributed by atoms with Gasteiger partial charge in [0.15, 0.2) is 9.84 Å². The molecule has 6 heteroatoms. The minimum absolute atomic E-state index is 0.171. The second-order valence-electron chi connectivity index (χ2n) is 3.91. The summed E-state index contributed by atoms with van der Waals surface area (Å²) in [5.74, 6) is 0.343. The second-order valence-corrected chi connectivity index (χ2v) is 6.63. The maximum atomic E-state index is 11.3. The monoisotopic (exact) mass is 270 g/mol. The molecule has 1 saturated heterocycles. The lowest BCUT2D eigenvalue weighted by Gasteiger charge is -2.28. The van der Waals surface area contributed by atoms with E-state index in [0.717, 1.165) is 5.69 Å². The molecule has 0 unspecified atom stereocenters. The van der Waals surface area contributed by atoms with Gasteiger partial charge >= 0.3 is 0 Å². The average Bonchev–Trinajstić information content (AvgIpc) is 2.29. The number of hydrogen-bond acceptors (Lipinski definition) is 4. The number of rotatable bonds is 1. The van der Waals surface area contributed by atoms with Crippen molar-refractivity contribution in [3.8, 4) is 6.07 Å². The summed E-state index contributed by atoms with van der Waals surface area (Å²) in [6, 6.07) is 7.15. The maximum absolute atomic E-state index is 11.3. The molecule has 0 spiro atoms. The zero-order chi connectivity index (χ0) is 12.5. The molecule has 0 aromatic heterocycles. The van der Waals surface area contributed by atoms with Gasteiger partial charge in [0.2, 0.25) is 0 Å². The number of benzene rings is 1. The summed E-state index contributed by atoms with van der Waals surface area (Å²) in [4.78, 5) is 1.97. The maximum Gasteiger partial charge on any atom is 0.153 e. The lowest BCUT2D eigenvalue weighted by atomic mass is 10.2. The van der Waals surface area contributed by atoms with Gasteiger partial charge in [0.1, 0.15) is 6.07 Å². The van der Waals surface area contributed by atoms with Crippen molar-refractivity contribution in [2.45, 2.75) is 0 Å². The van der Waals surface area contributed by atoms with Gasteiger partial charge in [-0.3, -0.25) is 0 Å². The van der Waals surface area contributed by atoms with E-state index in [9.17, 15) is 8.42 Å². The Morgan fingerprint density at radius 2 is 1.94 bits per heavy atom. The minimum atomic E-state index is -2.87. The highest BCUT2D eigenvalue weighted by Gasteiger charge is 2.21. The van der Waals surface area contributed by atoms with Crippen molar-refractivity contribution in [3.63, 3.8) is 0 Å². The molecule has 0 aliphatic carbocycles. The topological polar surface area (TPSA) is 61.2 Å². The van der Waals surface area contributed by atoms with Crippen LogP contribution in [-0.4, -0.2) is 33.0 Å². The van der Waals surface area contributed by atoms with Crippen LogP contribution in [0.2, 0.25) is 5.02 Å². The molecule has 1 aliphatic rings. The first-order chi connectivity index (χ1) is 8.02. The van der Waals surface area contributed by atoms with E-state index < -0.39 is 9.84 Å². The van der Waals surface area contributed by atoms with Crippen molar-refractivity contribution < 1.29 is 8.42 Å². The first-order valence-electron chi connectivity index (χ1n) is 5.17. The van der Waals surface area contributed by atoms with Crippen LogP contribution in [0, 0.1) is 11.3 Å². The highest BCUT2D eigenvalue weighted by molar-refractivity contribution is 7.91. The molecule has 0 atom stereocenters. The summed E-state index contributed by atoms with van der Waals surface area (Å²) < 4.78 is 22.6. The first-order valence-corrected chi connectivity index (χ1v) is 7.37. The number of sulfone groups is 1. The van der Waals surface area contributed by atoms with E-state index in [2.05, 4.69) is 0 Å². The van der Waals surface area contributed by atoms with Crippen LogP contribution in [0.15, 0.2) is 18.2 Å². The number of nitriles is 1. The normalized spacial score (nSPS) is 18.7. The molecular formula is C11H11ClN2O2S. The fourth-order valence-corrected chi connectivity index (χ4v) is 3.18. The summed E-state index contributed by atoms with van der Waals surface area (Å²) in [5.41, 5.74) is 1.30. The third-order valence-corrected chi connectivity index (χ3v) is 4.70. The van der Waals surface area contributed by atoms with Crippen LogP contribution in [0.25, 0.3) is 0 Å². The zero-order valence-corrected chi connectivity index (χ0v) is 10.6. The molecule has 0 amide bonds. The lowest BCUT2D eigenvalue weighted by molar-refractivity contribution is 0.587. The van der Waals surface area contributed by atoms with Crippen molar-refractivity contribution in [3.05, 3.63) is 28.8 Å². The summed E-state index contributed by atoms with van der Waals surface area (Å²) >= 11 is 5.94. The molecule has 1 aliphatic heterocycles. The van der Waals surface area contributed by atoms with Gasteiger partial charge in [-0.15, -0.1) is 0 Å². The SMILES string of the molecule is N#Cc1ccc(N2CCS(=O)(=O)CC2)cc1Cl. The lowest BCUT2D eigenvalue weighted by Crippen LogP contribution is -2.40. The third-order valence-electron chi connectivity index (χ3n) is 2.78. The Morgan fingerprint density at radius 3 is 2.47 bits per heavy atom. The standard InChI is InChI=1S/C11H11ClN2O2S/c12-11-7-10(2-1-9(11)8-13)14-3-5-17(15,16)6-4-14/h1-2,7H,3-6H2. The van der Waals surface area contributed by atoms with Crippen molar-refractivity contribution in [1.82, 2.24) is 0 Å². The molecule has 2 rings (SSSR count). The van der Waals surface area contributed by atoms with Gasteiger partial charge in [-0.25, -0.2) is 8.42 Å². The molecule has 17 heavy (non-hydrogen) atoms. The van der Waals surface area contributed by atoms with Crippen molar-refractivity contribution in [1.29, 1.82) is 5.26 Å². The van der Waals surface area contributed by atoms with Gasteiger partial charge in [0.05, 0.1) is 22.1 Å². The quantitative estimate of drug-likeness (QED) is 0.775. The smallest absolute Gasteiger partial charge is 0.153 e. The Hall–Kier alpha value is -1.25. The third kappa shape index (κ3) is 2.71. The van der Waals surface area contributed by atoms with E-state index in [-0.39, 0.29) is 11.5 Å². The van der Waals surface area contributed by atoms with Gasteiger partial charge in [-0.2, -0.15) is 5.26 Å². The number of hydrogen-bond donors (Lipinski definition) is 0. The van der Waals surface area contributed by atoms with Crippen LogP contribution in [0.5, 0.6) is 0 Å². The fraction of sp³-hybridized carbons (Fsp3) is 0.364. The Balaban J connectivity index is 2.20. The molecule has 0 N–H and O–H groups in total. The summed E-state index contributed by atoms with van der Waals surface area (Å²) in [5, 5.41) is 9.16. The van der Waals surface area contributed by atoms with E-state index in [1.807, 2.05) is 11.0 Å². The predicted molar refractivity (Wildman–Crippen MR) is 67.0 cm³/mol.